The summed E-state index contributed by atoms with van der Waals surface area (Å²) in [5.41, 5.74) is 1.58. The molecule has 0 atom stereocenters. The number of aromatic hydroxyl groups is 2. The highest BCUT2D eigenvalue weighted by molar-refractivity contribution is 5.92. The number of hydrogen-bond acceptors (Lipinski definition) is 4. The summed E-state index contributed by atoms with van der Waals surface area (Å²) in [5, 5.41) is 30.0. The summed E-state index contributed by atoms with van der Waals surface area (Å²) < 4.78 is 0. The van der Waals surface area contributed by atoms with Gasteiger partial charge in [-0.25, -0.2) is 0 Å². The molecule has 100 valence electrons. The summed E-state index contributed by atoms with van der Waals surface area (Å²) in [4.78, 5) is 11.8. The topological polar surface area (TPSA) is 93.4 Å². The van der Waals surface area contributed by atoms with E-state index in [1.807, 2.05) is 6.07 Å². The largest absolute Gasteiger partial charge is 0.504 e. The van der Waals surface area contributed by atoms with E-state index >= 15 is 0 Å². The second-order valence-electron chi connectivity index (χ2n) is 4.24. The van der Waals surface area contributed by atoms with Crippen molar-refractivity contribution in [1.82, 2.24) is 0 Å². The Hall–Kier alpha value is -3.00. The molecule has 0 spiro atoms. The number of amides is 1. The van der Waals surface area contributed by atoms with E-state index in [9.17, 15) is 15.0 Å². The van der Waals surface area contributed by atoms with Gasteiger partial charge in [0.05, 0.1) is 18.1 Å². The zero-order chi connectivity index (χ0) is 14.5. The van der Waals surface area contributed by atoms with E-state index in [0.29, 0.717) is 16.8 Å². The summed E-state index contributed by atoms with van der Waals surface area (Å²) in [6.45, 7) is 0. The van der Waals surface area contributed by atoms with Crippen molar-refractivity contribution < 1.29 is 15.0 Å². The minimum atomic E-state index is -0.273. The number of carbonyl (C=O) groups excluding carboxylic acids is 1. The van der Waals surface area contributed by atoms with Crippen LogP contribution >= 0.6 is 0 Å². The first-order valence-electron chi connectivity index (χ1n) is 5.89. The first-order valence-corrected chi connectivity index (χ1v) is 5.89. The quantitative estimate of drug-likeness (QED) is 0.743. The summed E-state index contributed by atoms with van der Waals surface area (Å²) in [6, 6.07) is 12.8. The lowest BCUT2D eigenvalue weighted by atomic mass is 10.1. The highest BCUT2D eigenvalue weighted by Gasteiger charge is 2.07. The van der Waals surface area contributed by atoms with Gasteiger partial charge in [0, 0.05) is 5.69 Å². The Morgan fingerprint density at radius 2 is 1.95 bits per heavy atom. The second-order valence-corrected chi connectivity index (χ2v) is 4.24. The van der Waals surface area contributed by atoms with Crippen LogP contribution in [0.25, 0.3) is 0 Å². The van der Waals surface area contributed by atoms with Gasteiger partial charge in [-0.15, -0.1) is 0 Å². The molecule has 0 saturated carbocycles. The molecule has 0 aliphatic carbocycles. The maximum absolute atomic E-state index is 11.8. The summed E-state index contributed by atoms with van der Waals surface area (Å²) in [7, 11) is 0. The molecular weight excluding hydrogens is 256 g/mol. The van der Waals surface area contributed by atoms with Crippen LogP contribution in [0.4, 0.5) is 5.69 Å². The van der Waals surface area contributed by atoms with Gasteiger partial charge in [-0.05, 0) is 35.9 Å². The molecule has 1 amide bonds. The van der Waals surface area contributed by atoms with Crippen molar-refractivity contribution in [2.75, 3.05) is 5.32 Å². The molecule has 2 aromatic carbocycles. The number of anilines is 1. The molecule has 0 radical (unpaired) electrons. The minimum Gasteiger partial charge on any atom is -0.504 e. The number of nitrogens with one attached hydrogen (secondary N) is 1. The average molecular weight is 268 g/mol. The van der Waals surface area contributed by atoms with Crippen LogP contribution < -0.4 is 5.32 Å². The lowest BCUT2D eigenvalue weighted by Gasteiger charge is -2.06. The van der Waals surface area contributed by atoms with Crippen molar-refractivity contribution in [2.24, 2.45) is 0 Å². The maximum atomic E-state index is 11.8. The van der Waals surface area contributed by atoms with Crippen molar-refractivity contribution >= 4 is 11.6 Å². The molecule has 5 heteroatoms. The molecule has 2 rings (SSSR count). The third-order valence-electron chi connectivity index (χ3n) is 2.68. The Bertz CT molecular complexity index is 690. The Balaban J connectivity index is 2.05. The molecule has 0 heterocycles. The Labute approximate surface area is 115 Å². The van der Waals surface area contributed by atoms with E-state index in [4.69, 9.17) is 5.26 Å². The van der Waals surface area contributed by atoms with Gasteiger partial charge >= 0.3 is 0 Å². The van der Waals surface area contributed by atoms with Gasteiger partial charge in [0.2, 0.25) is 5.91 Å². The van der Waals surface area contributed by atoms with Crippen LogP contribution in [0.2, 0.25) is 0 Å². The molecule has 5 nitrogen and oxygen atoms in total. The van der Waals surface area contributed by atoms with Crippen molar-refractivity contribution in [3.8, 4) is 17.6 Å². The number of benzene rings is 2. The molecular formula is C15H12N2O3. The second kappa shape index (κ2) is 5.76. The first kappa shape index (κ1) is 13.4. The van der Waals surface area contributed by atoms with Crippen LogP contribution in [-0.2, 0) is 11.2 Å². The van der Waals surface area contributed by atoms with Crippen LogP contribution in [0.15, 0.2) is 42.5 Å². The van der Waals surface area contributed by atoms with Gasteiger partial charge in [0.25, 0.3) is 0 Å². The molecule has 20 heavy (non-hydrogen) atoms. The summed E-state index contributed by atoms with van der Waals surface area (Å²) in [5.74, 6) is -0.761. The molecule has 0 aliphatic rings. The predicted octanol–water partition coefficient (Wildman–Crippen LogP) is 2.15. The molecule has 3 N–H and O–H groups in total. The van der Waals surface area contributed by atoms with Crippen LogP contribution in [0.5, 0.6) is 11.5 Å². The molecule has 0 unspecified atom stereocenters. The van der Waals surface area contributed by atoms with Gasteiger partial charge in [0.15, 0.2) is 11.5 Å². The van der Waals surface area contributed by atoms with Crippen LogP contribution in [0, 0.1) is 11.3 Å². The normalized spacial score (nSPS) is 9.75. The number of phenolic OH excluding ortho intramolecular Hbond substituents is 2. The number of rotatable bonds is 3. The van der Waals surface area contributed by atoms with Crippen LogP contribution in [0.1, 0.15) is 11.1 Å². The average Bonchev–Trinajstić information content (AvgIpc) is 2.43. The number of hydrogen-bond donors (Lipinski definition) is 3. The van der Waals surface area contributed by atoms with Gasteiger partial charge in [-0.1, -0.05) is 12.1 Å². The number of phenols is 2. The van der Waals surface area contributed by atoms with E-state index in [2.05, 4.69) is 5.32 Å². The number of nitrogens with zero attached hydrogens (tertiary/aromatic N) is 1. The highest BCUT2D eigenvalue weighted by Crippen LogP contribution is 2.25. The lowest BCUT2D eigenvalue weighted by molar-refractivity contribution is -0.115. The molecule has 0 fully saturated rings. The maximum Gasteiger partial charge on any atom is 0.228 e. The fourth-order valence-corrected chi connectivity index (χ4v) is 1.74. The number of nitriles is 1. The summed E-state index contributed by atoms with van der Waals surface area (Å²) in [6.07, 6.45) is 0.0601. The van der Waals surface area contributed by atoms with Crippen molar-refractivity contribution in [2.45, 2.75) is 6.42 Å². The standard InChI is InChI=1S/C15H12N2O3/c16-9-11-2-1-3-12(6-11)17-15(20)8-10-4-5-13(18)14(19)7-10/h1-7,18-19H,8H2,(H,17,20). The van der Waals surface area contributed by atoms with Gasteiger partial charge in [0.1, 0.15) is 0 Å². The van der Waals surface area contributed by atoms with E-state index in [1.165, 1.54) is 12.1 Å². The van der Waals surface area contributed by atoms with Gasteiger partial charge in [-0.2, -0.15) is 5.26 Å². The van der Waals surface area contributed by atoms with E-state index in [0.717, 1.165) is 0 Å². The van der Waals surface area contributed by atoms with Crippen molar-refractivity contribution in [3.63, 3.8) is 0 Å². The van der Waals surface area contributed by atoms with Gasteiger partial charge < -0.3 is 15.5 Å². The predicted molar refractivity (Wildman–Crippen MR) is 73.3 cm³/mol. The van der Waals surface area contributed by atoms with Gasteiger partial charge in [-0.3, -0.25) is 4.79 Å². The van der Waals surface area contributed by atoms with E-state index in [-0.39, 0.29) is 23.8 Å². The zero-order valence-electron chi connectivity index (χ0n) is 10.5. The summed E-state index contributed by atoms with van der Waals surface area (Å²) >= 11 is 0. The Morgan fingerprint density at radius 3 is 2.65 bits per heavy atom. The smallest absolute Gasteiger partial charge is 0.228 e. The van der Waals surface area contributed by atoms with Crippen LogP contribution in [0.3, 0.4) is 0 Å². The Morgan fingerprint density at radius 1 is 1.15 bits per heavy atom. The van der Waals surface area contributed by atoms with Crippen LogP contribution in [-0.4, -0.2) is 16.1 Å². The fourth-order valence-electron chi connectivity index (χ4n) is 1.74. The monoisotopic (exact) mass is 268 g/mol. The molecule has 2 aromatic rings. The highest BCUT2D eigenvalue weighted by atomic mass is 16.3. The van der Waals surface area contributed by atoms with E-state index in [1.54, 1.807) is 30.3 Å². The first-order chi connectivity index (χ1) is 9.58. The fraction of sp³-hybridized carbons (Fsp3) is 0.0667. The zero-order valence-corrected chi connectivity index (χ0v) is 10.5. The lowest BCUT2D eigenvalue weighted by Crippen LogP contribution is -2.14. The molecule has 0 saturated heterocycles. The molecule has 0 aromatic heterocycles. The molecule has 0 bridgehead atoms. The minimum absolute atomic E-state index is 0.0601. The molecule has 0 aliphatic heterocycles. The van der Waals surface area contributed by atoms with Crippen molar-refractivity contribution in [1.29, 1.82) is 5.26 Å². The third kappa shape index (κ3) is 3.27. The van der Waals surface area contributed by atoms with E-state index < -0.39 is 0 Å². The number of carbonyl (C=O) groups is 1. The van der Waals surface area contributed by atoms with Crippen molar-refractivity contribution in [3.05, 3.63) is 53.6 Å². The third-order valence-corrected chi connectivity index (χ3v) is 2.68. The SMILES string of the molecule is N#Cc1cccc(NC(=O)Cc2ccc(O)c(O)c2)c1. The Kier molecular flexibility index (Phi) is 3.87.